The van der Waals surface area contributed by atoms with Crippen LogP contribution < -0.4 is 5.73 Å². The number of carbonyl (C=O) groups is 1. The second-order valence-corrected chi connectivity index (χ2v) is 6.09. The third-order valence-electron chi connectivity index (χ3n) is 4.54. The van der Waals surface area contributed by atoms with E-state index in [1.807, 2.05) is 23.1 Å². The molecule has 1 aromatic carbocycles. The van der Waals surface area contributed by atoms with E-state index >= 15 is 0 Å². The summed E-state index contributed by atoms with van der Waals surface area (Å²) >= 11 is 0. The van der Waals surface area contributed by atoms with E-state index < -0.39 is 0 Å². The van der Waals surface area contributed by atoms with E-state index in [-0.39, 0.29) is 18.3 Å². The summed E-state index contributed by atoms with van der Waals surface area (Å²) in [6.45, 7) is 5.77. The maximum Gasteiger partial charge on any atom is 0.237 e. The number of amides is 1. The summed E-state index contributed by atoms with van der Waals surface area (Å²) in [7, 11) is 0. The Hall–Kier alpha value is -1.10. The van der Waals surface area contributed by atoms with Crippen molar-refractivity contribution in [3.05, 3.63) is 35.9 Å². The van der Waals surface area contributed by atoms with Crippen LogP contribution in [0.25, 0.3) is 0 Å². The van der Waals surface area contributed by atoms with Gasteiger partial charge in [0.25, 0.3) is 0 Å². The fourth-order valence-electron chi connectivity index (χ4n) is 3.24. The zero-order chi connectivity index (χ0) is 15.8. The number of likely N-dealkylation sites (tertiary alicyclic amines) is 1. The number of benzene rings is 1. The van der Waals surface area contributed by atoms with Crippen molar-refractivity contribution in [2.45, 2.75) is 45.2 Å². The minimum Gasteiger partial charge on any atom is -0.338 e. The van der Waals surface area contributed by atoms with E-state index in [1.54, 1.807) is 0 Å². The van der Waals surface area contributed by atoms with Crippen molar-refractivity contribution in [3.63, 3.8) is 0 Å². The van der Waals surface area contributed by atoms with Crippen LogP contribution in [0.15, 0.2) is 30.3 Å². The van der Waals surface area contributed by atoms with Crippen LogP contribution in [0.2, 0.25) is 0 Å². The second-order valence-electron chi connectivity index (χ2n) is 6.09. The minimum atomic E-state index is 0. The summed E-state index contributed by atoms with van der Waals surface area (Å²) in [5, 5.41) is 0. The molecular weight excluding hydrogens is 310 g/mol. The lowest BCUT2D eigenvalue weighted by molar-refractivity contribution is -0.133. The molecule has 1 amide bonds. The lowest BCUT2D eigenvalue weighted by atomic mass is 9.99. The first-order valence-corrected chi connectivity index (χ1v) is 8.50. The van der Waals surface area contributed by atoms with Gasteiger partial charge < -0.3 is 10.6 Å². The maximum atomic E-state index is 12.6. The molecule has 0 saturated carbocycles. The Morgan fingerprint density at radius 2 is 2.04 bits per heavy atom. The number of likely N-dealkylation sites (N-methyl/N-ethyl adjacent to an activating group) is 1. The fourth-order valence-corrected chi connectivity index (χ4v) is 3.24. The normalized spacial score (nSPS) is 18.3. The Kier molecular flexibility index (Phi) is 9.22. The van der Waals surface area contributed by atoms with Crippen LogP contribution in [0.1, 0.15) is 38.2 Å². The first-order chi connectivity index (χ1) is 10.7. The fraction of sp³-hybridized carbons (Fsp3) is 0.611. The van der Waals surface area contributed by atoms with Gasteiger partial charge in [0.05, 0.1) is 6.54 Å². The smallest absolute Gasteiger partial charge is 0.237 e. The number of rotatable bonds is 7. The molecule has 4 nitrogen and oxygen atoms in total. The number of nitrogens with zero attached hydrogens (tertiary/aromatic N) is 2. The summed E-state index contributed by atoms with van der Waals surface area (Å²) in [5.41, 5.74) is 6.91. The summed E-state index contributed by atoms with van der Waals surface area (Å²) in [6, 6.07) is 10.7. The Morgan fingerprint density at radius 3 is 2.70 bits per heavy atom. The first kappa shape index (κ1) is 19.9. The molecular formula is C18H30ClN3O. The number of hydrogen-bond donors (Lipinski definition) is 1. The van der Waals surface area contributed by atoms with E-state index in [0.717, 1.165) is 19.5 Å². The van der Waals surface area contributed by atoms with E-state index in [2.05, 4.69) is 24.0 Å². The van der Waals surface area contributed by atoms with E-state index in [4.69, 9.17) is 5.73 Å². The number of nitrogens with two attached hydrogens (primary N) is 1. The molecule has 0 bridgehead atoms. The highest BCUT2D eigenvalue weighted by atomic mass is 35.5. The standard InChI is InChI=1S/C18H29N3O.ClH/c1-2-20(14-16-8-4-3-5-9-16)18(22)15-21-13-7-6-10-17(21)11-12-19;/h3-5,8-9,17H,2,6-7,10-15,19H2,1H3;1H. The molecule has 1 unspecified atom stereocenters. The SMILES string of the molecule is CCN(Cc1ccccc1)C(=O)CN1CCCCC1CCN.Cl. The van der Waals surface area contributed by atoms with Crippen molar-refractivity contribution in [3.8, 4) is 0 Å². The molecule has 5 heteroatoms. The molecule has 1 aromatic rings. The van der Waals surface area contributed by atoms with E-state index in [0.29, 0.717) is 25.7 Å². The van der Waals surface area contributed by atoms with Crippen LogP contribution in [0, 0.1) is 0 Å². The van der Waals surface area contributed by atoms with Crippen molar-refractivity contribution < 1.29 is 4.79 Å². The first-order valence-electron chi connectivity index (χ1n) is 8.50. The quantitative estimate of drug-likeness (QED) is 0.830. The Balaban J connectivity index is 0.00000264. The molecule has 1 atom stereocenters. The predicted molar refractivity (Wildman–Crippen MR) is 97.7 cm³/mol. The Morgan fingerprint density at radius 1 is 1.30 bits per heavy atom. The lowest BCUT2D eigenvalue weighted by Crippen LogP contribution is -2.47. The highest BCUT2D eigenvalue weighted by molar-refractivity contribution is 5.85. The molecule has 0 aliphatic carbocycles. The van der Waals surface area contributed by atoms with Gasteiger partial charge in [-0.2, -0.15) is 0 Å². The highest BCUT2D eigenvalue weighted by Crippen LogP contribution is 2.19. The summed E-state index contributed by atoms with van der Waals surface area (Å²) in [4.78, 5) is 16.9. The van der Waals surface area contributed by atoms with Crippen molar-refractivity contribution in [1.29, 1.82) is 0 Å². The van der Waals surface area contributed by atoms with Crippen LogP contribution in [-0.2, 0) is 11.3 Å². The number of halogens is 1. The Bertz CT molecular complexity index is 453. The highest BCUT2D eigenvalue weighted by Gasteiger charge is 2.25. The zero-order valence-corrected chi connectivity index (χ0v) is 14.9. The molecule has 1 aliphatic heterocycles. The molecule has 23 heavy (non-hydrogen) atoms. The van der Waals surface area contributed by atoms with Gasteiger partial charge in [0.15, 0.2) is 0 Å². The van der Waals surface area contributed by atoms with Gasteiger partial charge in [-0.15, -0.1) is 12.4 Å². The number of piperidine rings is 1. The van der Waals surface area contributed by atoms with Gasteiger partial charge in [-0.3, -0.25) is 9.69 Å². The van der Waals surface area contributed by atoms with Crippen LogP contribution in [0.4, 0.5) is 0 Å². The minimum absolute atomic E-state index is 0. The summed E-state index contributed by atoms with van der Waals surface area (Å²) < 4.78 is 0. The van der Waals surface area contributed by atoms with Gasteiger partial charge in [-0.1, -0.05) is 36.8 Å². The molecule has 1 saturated heterocycles. The van der Waals surface area contributed by atoms with Gasteiger partial charge >= 0.3 is 0 Å². The summed E-state index contributed by atoms with van der Waals surface area (Å²) in [6.07, 6.45) is 4.63. The molecule has 0 radical (unpaired) electrons. The van der Waals surface area contributed by atoms with Crippen molar-refractivity contribution in [1.82, 2.24) is 9.80 Å². The maximum absolute atomic E-state index is 12.6. The average molecular weight is 340 g/mol. The van der Waals surface area contributed by atoms with Crippen LogP contribution in [-0.4, -0.2) is 47.9 Å². The predicted octanol–water partition coefficient (Wildman–Crippen LogP) is 2.66. The van der Waals surface area contributed by atoms with Crippen molar-refractivity contribution >= 4 is 18.3 Å². The monoisotopic (exact) mass is 339 g/mol. The molecule has 0 aromatic heterocycles. The van der Waals surface area contributed by atoms with Crippen LogP contribution in [0.3, 0.4) is 0 Å². The molecule has 1 aliphatic rings. The summed E-state index contributed by atoms with van der Waals surface area (Å²) in [5.74, 6) is 0.232. The van der Waals surface area contributed by atoms with Gasteiger partial charge in [-0.05, 0) is 44.8 Å². The van der Waals surface area contributed by atoms with Crippen molar-refractivity contribution in [2.75, 3.05) is 26.2 Å². The second kappa shape index (κ2) is 10.6. The molecule has 0 spiro atoms. The van der Waals surface area contributed by atoms with E-state index in [9.17, 15) is 4.79 Å². The third kappa shape index (κ3) is 6.13. The molecule has 1 fully saturated rings. The van der Waals surface area contributed by atoms with Crippen molar-refractivity contribution in [2.24, 2.45) is 5.73 Å². The van der Waals surface area contributed by atoms with E-state index in [1.165, 1.54) is 24.8 Å². The molecule has 130 valence electrons. The zero-order valence-electron chi connectivity index (χ0n) is 14.1. The molecule has 2 rings (SSSR count). The number of carbonyl (C=O) groups excluding carboxylic acids is 1. The van der Waals surface area contributed by atoms with Gasteiger partial charge in [-0.25, -0.2) is 0 Å². The molecule has 2 N–H and O–H groups in total. The largest absolute Gasteiger partial charge is 0.338 e. The lowest BCUT2D eigenvalue weighted by Gasteiger charge is -2.36. The van der Waals surface area contributed by atoms with Gasteiger partial charge in [0, 0.05) is 19.1 Å². The Labute approximate surface area is 146 Å². The average Bonchev–Trinajstić information content (AvgIpc) is 2.55. The van der Waals surface area contributed by atoms with Crippen LogP contribution >= 0.6 is 12.4 Å². The topological polar surface area (TPSA) is 49.6 Å². The van der Waals surface area contributed by atoms with Gasteiger partial charge in [0.2, 0.25) is 5.91 Å². The third-order valence-corrected chi connectivity index (χ3v) is 4.54. The van der Waals surface area contributed by atoms with Crippen LogP contribution in [0.5, 0.6) is 0 Å². The molecule has 1 heterocycles. The number of hydrogen-bond acceptors (Lipinski definition) is 3. The van der Waals surface area contributed by atoms with Gasteiger partial charge in [0.1, 0.15) is 0 Å².